The molecule has 0 aromatic heterocycles. The third-order valence-electron chi connectivity index (χ3n) is 3.50. The molecule has 0 bridgehead atoms. The molecule has 1 fully saturated rings. The average molecular weight is 171 g/mol. The summed E-state index contributed by atoms with van der Waals surface area (Å²) in [5, 5.41) is 0. The Morgan fingerprint density at radius 2 is 2.00 bits per heavy atom. The Bertz CT molecular complexity index is 161. The van der Waals surface area contributed by atoms with Crippen molar-refractivity contribution in [2.24, 2.45) is 11.1 Å². The monoisotopic (exact) mass is 171 g/mol. The standard InChI is InChI=1S/C10H21NO/c1-5-12-8(2)9(3,4)10(11)6-7-10/h8H,5-7,11H2,1-4H3. The number of hydrogen-bond acceptors (Lipinski definition) is 2. The van der Waals surface area contributed by atoms with E-state index in [4.69, 9.17) is 10.5 Å². The van der Waals surface area contributed by atoms with Crippen molar-refractivity contribution in [3.05, 3.63) is 0 Å². The van der Waals surface area contributed by atoms with Crippen molar-refractivity contribution >= 4 is 0 Å². The first-order valence-electron chi connectivity index (χ1n) is 4.84. The van der Waals surface area contributed by atoms with Gasteiger partial charge in [0.2, 0.25) is 0 Å². The van der Waals surface area contributed by atoms with Gasteiger partial charge < -0.3 is 10.5 Å². The van der Waals surface area contributed by atoms with Crippen LogP contribution in [0.3, 0.4) is 0 Å². The molecule has 1 saturated carbocycles. The van der Waals surface area contributed by atoms with Gasteiger partial charge in [0, 0.05) is 17.6 Å². The van der Waals surface area contributed by atoms with Crippen LogP contribution in [0.4, 0.5) is 0 Å². The van der Waals surface area contributed by atoms with Gasteiger partial charge in [0.1, 0.15) is 0 Å². The van der Waals surface area contributed by atoms with Crippen LogP contribution in [0.2, 0.25) is 0 Å². The maximum absolute atomic E-state index is 6.18. The van der Waals surface area contributed by atoms with Crippen molar-refractivity contribution in [2.45, 2.75) is 52.2 Å². The summed E-state index contributed by atoms with van der Waals surface area (Å²) in [7, 11) is 0. The third-order valence-corrected chi connectivity index (χ3v) is 3.50. The number of ether oxygens (including phenoxy) is 1. The van der Waals surface area contributed by atoms with Gasteiger partial charge in [-0.25, -0.2) is 0 Å². The fourth-order valence-electron chi connectivity index (χ4n) is 1.64. The lowest BCUT2D eigenvalue weighted by Crippen LogP contribution is -2.47. The van der Waals surface area contributed by atoms with Crippen LogP contribution in [0.15, 0.2) is 0 Å². The van der Waals surface area contributed by atoms with Crippen LogP contribution in [0.1, 0.15) is 40.5 Å². The van der Waals surface area contributed by atoms with Crippen LogP contribution < -0.4 is 5.73 Å². The average Bonchev–Trinajstić information content (AvgIpc) is 2.70. The van der Waals surface area contributed by atoms with E-state index in [0.717, 1.165) is 19.4 Å². The molecule has 2 nitrogen and oxygen atoms in total. The first-order chi connectivity index (χ1) is 5.44. The summed E-state index contributed by atoms with van der Waals surface area (Å²) in [5.41, 5.74) is 6.33. The molecule has 1 atom stereocenters. The van der Waals surface area contributed by atoms with Crippen molar-refractivity contribution in [1.82, 2.24) is 0 Å². The maximum Gasteiger partial charge on any atom is 0.0615 e. The van der Waals surface area contributed by atoms with Crippen LogP contribution in [-0.4, -0.2) is 18.2 Å². The Hall–Kier alpha value is -0.0800. The molecule has 0 amide bonds. The molecule has 0 heterocycles. The quantitative estimate of drug-likeness (QED) is 0.701. The second kappa shape index (κ2) is 3.00. The summed E-state index contributed by atoms with van der Waals surface area (Å²) in [6.45, 7) is 9.35. The minimum atomic E-state index is 0.0432. The zero-order chi connectivity index (χ0) is 9.41. The minimum Gasteiger partial charge on any atom is -0.378 e. The van der Waals surface area contributed by atoms with Gasteiger partial charge in [0.05, 0.1) is 6.10 Å². The molecule has 1 aliphatic rings. The van der Waals surface area contributed by atoms with E-state index < -0.39 is 0 Å². The molecular formula is C10H21NO. The summed E-state index contributed by atoms with van der Waals surface area (Å²) in [6.07, 6.45) is 2.56. The third kappa shape index (κ3) is 1.50. The molecule has 72 valence electrons. The molecule has 0 saturated heterocycles. The van der Waals surface area contributed by atoms with Crippen LogP contribution >= 0.6 is 0 Å². The van der Waals surface area contributed by atoms with Gasteiger partial charge in [-0.2, -0.15) is 0 Å². The van der Waals surface area contributed by atoms with E-state index in [0.29, 0.717) is 0 Å². The Kier molecular flexibility index (Phi) is 2.50. The van der Waals surface area contributed by atoms with E-state index in [-0.39, 0.29) is 17.1 Å². The normalized spacial score (nSPS) is 23.8. The van der Waals surface area contributed by atoms with Crippen molar-refractivity contribution in [3.63, 3.8) is 0 Å². The first-order valence-corrected chi connectivity index (χ1v) is 4.84. The maximum atomic E-state index is 6.18. The fourth-order valence-corrected chi connectivity index (χ4v) is 1.64. The lowest BCUT2D eigenvalue weighted by Gasteiger charge is -2.37. The summed E-state index contributed by atoms with van der Waals surface area (Å²) >= 11 is 0. The topological polar surface area (TPSA) is 35.2 Å². The van der Waals surface area contributed by atoms with Gasteiger partial charge >= 0.3 is 0 Å². The SMILES string of the molecule is CCOC(C)C(C)(C)C1(N)CC1. The zero-order valence-electron chi connectivity index (χ0n) is 8.68. The minimum absolute atomic E-state index is 0.0432. The smallest absolute Gasteiger partial charge is 0.0615 e. The molecule has 0 aliphatic heterocycles. The van der Waals surface area contributed by atoms with E-state index in [1.165, 1.54) is 0 Å². The Balaban J connectivity index is 2.57. The van der Waals surface area contributed by atoms with Gasteiger partial charge in [-0.05, 0) is 26.7 Å². The van der Waals surface area contributed by atoms with E-state index in [1.54, 1.807) is 0 Å². The van der Waals surface area contributed by atoms with Gasteiger partial charge in [-0.1, -0.05) is 13.8 Å². The molecule has 1 aliphatic carbocycles. The highest BCUT2D eigenvalue weighted by Gasteiger charge is 2.53. The van der Waals surface area contributed by atoms with E-state index in [2.05, 4.69) is 20.8 Å². The molecular weight excluding hydrogens is 150 g/mol. The predicted molar refractivity (Wildman–Crippen MR) is 51.0 cm³/mol. The highest BCUT2D eigenvalue weighted by Crippen LogP contribution is 2.50. The number of rotatable bonds is 4. The van der Waals surface area contributed by atoms with Crippen LogP contribution in [-0.2, 0) is 4.74 Å². The van der Waals surface area contributed by atoms with Crippen molar-refractivity contribution in [3.8, 4) is 0 Å². The van der Waals surface area contributed by atoms with Gasteiger partial charge in [0.15, 0.2) is 0 Å². The van der Waals surface area contributed by atoms with E-state index in [9.17, 15) is 0 Å². The molecule has 0 spiro atoms. The van der Waals surface area contributed by atoms with Crippen LogP contribution in [0, 0.1) is 5.41 Å². The lowest BCUT2D eigenvalue weighted by atomic mass is 9.78. The van der Waals surface area contributed by atoms with Crippen molar-refractivity contribution in [2.75, 3.05) is 6.61 Å². The molecule has 2 heteroatoms. The predicted octanol–water partition coefficient (Wildman–Crippen LogP) is 1.93. The van der Waals surface area contributed by atoms with Gasteiger partial charge in [0.25, 0.3) is 0 Å². The summed E-state index contributed by atoms with van der Waals surface area (Å²) in [4.78, 5) is 0. The second-order valence-electron chi connectivity index (χ2n) is 4.48. The Labute approximate surface area is 75.5 Å². The van der Waals surface area contributed by atoms with Crippen LogP contribution in [0.5, 0.6) is 0 Å². The lowest BCUT2D eigenvalue weighted by molar-refractivity contribution is -0.0240. The number of hydrogen-bond donors (Lipinski definition) is 1. The highest BCUT2D eigenvalue weighted by atomic mass is 16.5. The van der Waals surface area contributed by atoms with Gasteiger partial charge in [-0.3, -0.25) is 0 Å². The Morgan fingerprint density at radius 3 is 2.33 bits per heavy atom. The molecule has 0 radical (unpaired) electrons. The van der Waals surface area contributed by atoms with Crippen molar-refractivity contribution < 1.29 is 4.74 Å². The highest BCUT2D eigenvalue weighted by molar-refractivity contribution is 5.10. The summed E-state index contributed by atoms with van der Waals surface area (Å²) in [5.74, 6) is 0. The zero-order valence-corrected chi connectivity index (χ0v) is 8.68. The van der Waals surface area contributed by atoms with Crippen LogP contribution in [0.25, 0.3) is 0 Å². The Morgan fingerprint density at radius 1 is 1.50 bits per heavy atom. The van der Waals surface area contributed by atoms with E-state index >= 15 is 0 Å². The van der Waals surface area contributed by atoms with Gasteiger partial charge in [-0.15, -0.1) is 0 Å². The molecule has 2 N–H and O–H groups in total. The summed E-state index contributed by atoms with van der Waals surface area (Å²) < 4.78 is 5.59. The molecule has 0 aromatic rings. The summed E-state index contributed by atoms with van der Waals surface area (Å²) in [6, 6.07) is 0. The van der Waals surface area contributed by atoms with Crippen molar-refractivity contribution in [1.29, 1.82) is 0 Å². The molecule has 1 rings (SSSR count). The molecule has 1 unspecified atom stereocenters. The molecule has 0 aromatic carbocycles. The number of nitrogens with two attached hydrogens (primary N) is 1. The van der Waals surface area contributed by atoms with E-state index in [1.807, 2.05) is 6.92 Å². The first kappa shape index (κ1) is 10.0. The largest absolute Gasteiger partial charge is 0.378 e. The molecule has 12 heavy (non-hydrogen) atoms. The second-order valence-corrected chi connectivity index (χ2v) is 4.48. The fraction of sp³-hybridized carbons (Fsp3) is 1.00.